The maximum Gasteiger partial charge on any atom is 0.231 e. The Bertz CT molecular complexity index is 630. The lowest BCUT2D eigenvalue weighted by Crippen LogP contribution is -2.51. The van der Waals surface area contributed by atoms with Crippen LogP contribution in [0.15, 0.2) is 24.3 Å². The fraction of sp³-hybridized carbons (Fsp3) is 0.600. The highest BCUT2D eigenvalue weighted by Crippen LogP contribution is 2.41. The molecule has 1 aliphatic heterocycles. The third-order valence-electron chi connectivity index (χ3n) is 5.76. The molecule has 5 nitrogen and oxygen atoms in total. The number of aryl methyl sites for hydroxylation is 1. The van der Waals surface area contributed by atoms with Crippen LogP contribution in [0.5, 0.6) is 0 Å². The molecule has 3 N–H and O–H groups in total. The minimum absolute atomic E-state index is 0.184. The first kappa shape index (κ1) is 17.9. The normalized spacial score (nSPS) is 21.2. The van der Waals surface area contributed by atoms with Crippen LogP contribution >= 0.6 is 0 Å². The van der Waals surface area contributed by atoms with Gasteiger partial charge in [0.05, 0.1) is 12.0 Å². The molecule has 0 bridgehead atoms. The van der Waals surface area contributed by atoms with Crippen molar-refractivity contribution in [2.24, 2.45) is 5.73 Å². The van der Waals surface area contributed by atoms with E-state index in [0.717, 1.165) is 57.2 Å². The summed E-state index contributed by atoms with van der Waals surface area (Å²) in [4.78, 5) is 26.3. The highest BCUT2D eigenvalue weighted by atomic mass is 16.2. The van der Waals surface area contributed by atoms with Gasteiger partial charge in [-0.25, -0.2) is 0 Å². The van der Waals surface area contributed by atoms with Gasteiger partial charge in [-0.05, 0) is 38.2 Å². The number of nitrogens with one attached hydrogen (secondary N) is 1. The number of hydrogen-bond donors (Lipinski definition) is 2. The maximum absolute atomic E-state index is 13.2. The smallest absolute Gasteiger partial charge is 0.231 e. The van der Waals surface area contributed by atoms with Crippen LogP contribution in [0, 0.1) is 6.92 Å². The predicted molar refractivity (Wildman–Crippen MR) is 98.1 cm³/mol. The Kier molecular flexibility index (Phi) is 5.42. The van der Waals surface area contributed by atoms with Crippen molar-refractivity contribution in [3.8, 4) is 0 Å². The lowest BCUT2D eigenvalue weighted by Gasteiger charge is -2.35. The third kappa shape index (κ3) is 4.03. The van der Waals surface area contributed by atoms with E-state index in [2.05, 4.69) is 41.4 Å². The molecule has 1 heterocycles. The third-order valence-corrected chi connectivity index (χ3v) is 5.76. The van der Waals surface area contributed by atoms with E-state index in [4.69, 9.17) is 5.73 Å². The molecule has 136 valence electrons. The first-order valence-corrected chi connectivity index (χ1v) is 9.38. The molecule has 1 aromatic carbocycles. The van der Waals surface area contributed by atoms with E-state index in [1.54, 1.807) is 0 Å². The van der Waals surface area contributed by atoms with Crippen LogP contribution in [-0.2, 0) is 15.0 Å². The molecule has 0 atom stereocenters. The first-order chi connectivity index (χ1) is 12.0. The summed E-state index contributed by atoms with van der Waals surface area (Å²) in [5, 5.41) is 3.31. The summed E-state index contributed by atoms with van der Waals surface area (Å²) in [6.07, 6.45) is 5.84. The van der Waals surface area contributed by atoms with Crippen LogP contribution in [0.1, 0.15) is 49.7 Å². The summed E-state index contributed by atoms with van der Waals surface area (Å²) >= 11 is 0. The second kappa shape index (κ2) is 7.56. The molecule has 1 saturated carbocycles. The van der Waals surface area contributed by atoms with Gasteiger partial charge in [-0.2, -0.15) is 0 Å². The van der Waals surface area contributed by atoms with Gasteiger partial charge in [0.2, 0.25) is 11.8 Å². The fourth-order valence-electron chi connectivity index (χ4n) is 4.35. The zero-order valence-corrected chi connectivity index (χ0v) is 15.1. The average molecular weight is 343 g/mol. The Labute approximate surface area is 150 Å². The molecule has 25 heavy (non-hydrogen) atoms. The van der Waals surface area contributed by atoms with Crippen LogP contribution in [0.3, 0.4) is 0 Å². The van der Waals surface area contributed by atoms with Crippen molar-refractivity contribution in [2.75, 3.05) is 19.6 Å². The Balaban J connectivity index is 1.66. The lowest BCUT2D eigenvalue weighted by atomic mass is 9.77. The number of likely N-dealkylation sites (tertiary alicyclic amines) is 1. The SMILES string of the molecule is Cc1cccc(C2(C(=O)NC3CCN(CC(N)=O)CC3)CCCC2)c1. The fourth-order valence-corrected chi connectivity index (χ4v) is 4.35. The molecule has 1 saturated heterocycles. The molecule has 1 aromatic rings. The summed E-state index contributed by atoms with van der Waals surface area (Å²) in [7, 11) is 0. The van der Waals surface area contributed by atoms with E-state index in [-0.39, 0.29) is 23.3 Å². The van der Waals surface area contributed by atoms with Crippen LogP contribution in [-0.4, -0.2) is 42.4 Å². The number of primary amides is 1. The van der Waals surface area contributed by atoms with Crippen molar-refractivity contribution < 1.29 is 9.59 Å². The number of piperidine rings is 1. The van der Waals surface area contributed by atoms with Crippen molar-refractivity contribution >= 4 is 11.8 Å². The van der Waals surface area contributed by atoms with Gasteiger partial charge in [-0.15, -0.1) is 0 Å². The molecular weight excluding hydrogens is 314 g/mol. The van der Waals surface area contributed by atoms with Gasteiger partial charge in [0.15, 0.2) is 0 Å². The monoisotopic (exact) mass is 343 g/mol. The standard InChI is InChI=1S/C20H29N3O2/c1-15-5-4-6-16(13-15)20(9-2-3-10-20)19(25)22-17-7-11-23(12-8-17)14-18(21)24/h4-6,13,17H,2-3,7-12,14H2,1H3,(H2,21,24)(H,22,25). The van der Waals surface area contributed by atoms with Crippen molar-refractivity contribution in [1.29, 1.82) is 0 Å². The molecule has 2 fully saturated rings. The highest BCUT2D eigenvalue weighted by molar-refractivity contribution is 5.89. The summed E-state index contributed by atoms with van der Waals surface area (Å²) in [6, 6.07) is 8.60. The summed E-state index contributed by atoms with van der Waals surface area (Å²) in [5.41, 5.74) is 7.27. The molecular formula is C20H29N3O2. The van der Waals surface area contributed by atoms with Crippen molar-refractivity contribution in [2.45, 2.75) is 56.9 Å². The minimum Gasteiger partial charge on any atom is -0.369 e. The molecule has 0 spiro atoms. The van der Waals surface area contributed by atoms with E-state index in [0.29, 0.717) is 6.54 Å². The van der Waals surface area contributed by atoms with Crippen molar-refractivity contribution in [3.63, 3.8) is 0 Å². The Morgan fingerprint density at radius 3 is 2.52 bits per heavy atom. The summed E-state index contributed by atoms with van der Waals surface area (Å²) in [6.45, 7) is 4.02. The van der Waals surface area contributed by atoms with E-state index >= 15 is 0 Å². The number of nitrogens with two attached hydrogens (primary N) is 1. The molecule has 3 rings (SSSR count). The zero-order chi connectivity index (χ0) is 17.9. The number of amides is 2. The van der Waals surface area contributed by atoms with Gasteiger partial charge < -0.3 is 11.1 Å². The van der Waals surface area contributed by atoms with E-state index in [9.17, 15) is 9.59 Å². The van der Waals surface area contributed by atoms with Crippen LogP contribution in [0.4, 0.5) is 0 Å². The maximum atomic E-state index is 13.2. The Morgan fingerprint density at radius 2 is 1.92 bits per heavy atom. The minimum atomic E-state index is -0.365. The average Bonchev–Trinajstić information content (AvgIpc) is 3.07. The second-order valence-corrected chi connectivity index (χ2v) is 7.65. The molecule has 0 radical (unpaired) electrons. The van der Waals surface area contributed by atoms with Gasteiger partial charge in [-0.3, -0.25) is 14.5 Å². The Morgan fingerprint density at radius 1 is 1.24 bits per heavy atom. The van der Waals surface area contributed by atoms with Crippen LogP contribution < -0.4 is 11.1 Å². The van der Waals surface area contributed by atoms with E-state index in [1.807, 2.05) is 0 Å². The quantitative estimate of drug-likeness (QED) is 0.857. The topological polar surface area (TPSA) is 75.4 Å². The van der Waals surface area contributed by atoms with Crippen LogP contribution in [0.2, 0.25) is 0 Å². The first-order valence-electron chi connectivity index (χ1n) is 9.38. The molecule has 2 aliphatic rings. The number of hydrogen-bond acceptors (Lipinski definition) is 3. The van der Waals surface area contributed by atoms with Gasteiger partial charge >= 0.3 is 0 Å². The van der Waals surface area contributed by atoms with Crippen molar-refractivity contribution in [3.05, 3.63) is 35.4 Å². The predicted octanol–water partition coefficient (Wildman–Crippen LogP) is 1.87. The molecule has 2 amide bonds. The van der Waals surface area contributed by atoms with E-state index in [1.165, 1.54) is 5.56 Å². The summed E-state index contributed by atoms with van der Waals surface area (Å²) < 4.78 is 0. The highest BCUT2D eigenvalue weighted by Gasteiger charge is 2.43. The second-order valence-electron chi connectivity index (χ2n) is 7.65. The van der Waals surface area contributed by atoms with Crippen molar-refractivity contribution in [1.82, 2.24) is 10.2 Å². The summed E-state index contributed by atoms with van der Waals surface area (Å²) in [5.74, 6) is -0.101. The number of benzene rings is 1. The van der Waals surface area contributed by atoms with E-state index < -0.39 is 0 Å². The zero-order valence-electron chi connectivity index (χ0n) is 15.1. The largest absolute Gasteiger partial charge is 0.369 e. The number of carbonyl (C=O) groups is 2. The molecule has 0 unspecified atom stereocenters. The number of nitrogens with zero attached hydrogens (tertiary/aromatic N) is 1. The van der Waals surface area contributed by atoms with Crippen LogP contribution in [0.25, 0.3) is 0 Å². The number of rotatable bonds is 5. The van der Waals surface area contributed by atoms with Gasteiger partial charge in [0.25, 0.3) is 0 Å². The lowest BCUT2D eigenvalue weighted by molar-refractivity contribution is -0.128. The Hall–Kier alpha value is -1.88. The molecule has 1 aliphatic carbocycles. The number of carbonyl (C=O) groups excluding carboxylic acids is 2. The van der Waals surface area contributed by atoms with Gasteiger partial charge in [0, 0.05) is 19.1 Å². The molecule has 5 heteroatoms. The molecule has 0 aromatic heterocycles. The van der Waals surface area contributed by atoms with Gasteiger partial charge in [-0.1, -0.05) is 42.7 Å². The van der Waals surface area contributed by atoms with Gasteiger partial charge in [0.1, 0.15) is 0 Å².